The molecule has 1 amide bonds. The summed E-state index contributed by atoms with van der Waals surface area (Å²) in [6.07, 6.45) is 3.46. The lowest BCUT2D eigenvalue weighted by Gasteiger charge is -2.18. The third kappa shape index (κ3) is 5.44. The van der Waals surface area contributed by atoms with Crippen LogP contribution in [-0.4, -0.2) is 50.5 Å². The molecular weight excluding hydrogens is 422 g/mol. The van der Waals surface area contributed by atoms with Gasteiger partial charge in [0.15, 0.2) is 5.69 Å². The van der Waals surface area contributed by atoms with E-state index in [9.17, 15) is 4.79 Å². The fraction of sp³-hybridized carbons (Fsp3) is 0.368. The number of nitrogens with one attached hydrogen (secondary N) is 2. The van der Waals surface area contributed by atoms with Gasteiger partial charge in [-0.25, -0.2) is 10.1 Å². The van der Waals surface area contributed by atoms with Gasteiger partial charge in [0.1, 0.15) is 12.2 Å². The van der Waals surface area contributed by atoms with Crippen molar-refractivity contribution in [3.63, 3.8) is 0 Å². The van der Waals surface area contributed by atoms with Crippen LogP contribution in [0.4, 0.5) is 5.82 Å². The summed E-state index contributed by atoms with van der Waals surface area (Å²) in [5.74, 6) is -0.261. The Morgan fingerprint density at radius 2 is 2.03 bits per heavy atom. The summed E-state index contributed by atoms with van der Waals surface area (Å²) in [7, 11) is 0. The molecule has 4 N–H and O–H groups in total. The Morgan fingerprint density at radius 3 is 2.68 bits per heavy atom. The van der Waals surface area contributed by atoms with Crippen molar-refractivity contribution in [2.24, 2.45) is 5.10 Å². The summed E-state index contributed by atoms with van der Waals surface area (Å²) in [5, 5.41) is 20.0. The number of amides is 1. The van der Waals surface area contributed by atoms with E-state index >= 15 is 0 Å². The number of nitrogens with zero attached hydrogens (tertiary/aromatic N) is 6. The molecule has 0 bridgehead atoms. The van der Waals surface area contributed by atoms with E-state index in [1.54, 1.807) is 12.1 Å². The van der Waals surface area contributed by atoms with Crippen molar-refractivity contribution in [3.05, 3.63) is 46.2 Å². The smallest absolute Gasteiger partial charge is 0.294 e. The van der Waals surface area contributed by atoms with Crippen LogP contribution in [0.1, 0.15) is 48.4 Å². The molecule has 2 aromatic heterocycles. The number of hydrazone groups is 1. The van der Waals surface area contributed by atoms with Crippen molar-refractivity contribution in [1.82, 2.24) is 30.7 Å². The monoisotopic (exact) mass is 446 g/mol. The Morgan fingerprint density at radius 1 is 1.29 bits per heavy atom. The molecule has 12 heteroatoms. The molecule has 0 atom stereocenters. The topological polar surface area (TPSA) is 142 Å². The Bertz CT molecular complexity index is 1040. The van der Waals surface area contributed by atoms with Crippen LogP contribution in [0, 0.1) is 0 Å². The van der Waals surface area contributed by atoms with E-state index in [-0.39, 0.29) is 17.3 Å². The molecular formula is C19H25ClN9O2+. The maximum Gasteiger partial charge on any atom is 0.294 e. The quantitative estimate of drug-likeness (QED) is 0.309. The normalized spacial score (nSPS) is 11.5. The van der Waals surface area contributed by atoms with Gasteiger partial charge in [-0.05, 0) is 29.2 Å². The van der Waals surface area contributed by atoms with Crippen LogP contribution < -0.4 is 16.1 Å². The standard InChI is InChI=1S/C19H24ClN9O2/c1-3-9-28(10-4-2)12-15-16(23-27-29(15)18-17(21)25-31-26-18)19(30)24-22-11-13-7-5-6-8-14(13)20/h5-8,11H,3-4,9-10,12H2,1-2H3,(H2,21,25)(H,24,30)/p+1. The summed E-state index contributed by atoms with van der Waals surface area (Å²) in [6.45, 7) is 6.58. The predicted octanol–water partition coefficient (Wildman–Crippen LogP) is 0.855. The van der Waals surface area contributed by atoms with Crippen molar-refractivity contribution in [3.8, 4) is 5.82 Å². The maximum atomic E-state index is 12.8. The van der Waals surface area contributed by atoms with E-state index < -0.39 is 5.91 Å². The summed E-state index contributed by atoms with van der Waals surface area (Å²) in [5.41, 5.74) is 9.67. The molecule has 2 heterocycles. The molecule has 0 radical (unpaired) electrons. The van der Waals surface area contributed by atoms with Gasteiger partial charge >= 0.3 is 0 Å². The van der Waals surface area contributed by atoms with Crippen molar-refractivity contribution in [2.45, 2.75) is 33.2 Å². The first kappa shape index (κ1) is 22.4. The predicted molar refractivity (Wildman–Crippen MR) is 115 cm³/mol. The van der Waals surface area contributed by atoms with E-state index in [1.807, 2.05) is 12.1 Å². The van der Waals surface area contributed by atoms with Crippen molar-refractivity contribution >= 4 is 29.5 Å². The zero-order valence-corrected chi connectivity index (χ0v) is 18.1. The third-order valence-electron chi connectivity index (χ3n) is 4.57. The molecule has 164 valence electrons. The summed E-state index contributed by atoms with van der Waals surface area (Å²) in [6, 6.07) is 7.17. The highest BCUT2D eigenvalue weighted by Crippen LogP contribution is 2.15. The number of hydrogen-bond acceptors (Lipinski definition) is 8. The molecule has 3 aromatic rings. The van der Waals surface area contributed by atoms with Gasteiger partial charge in [0.05, 0.1) is 19.3 Å². The van der Waals surface area contributed by atoms with Gasteiger partial charge in [-0.2, -0.15) is 9.78 Å². The maximum absolute atomic E-state index is 12.8. The number of nitrogens with two attached hydrogens (primary N) is 1. The van der Waals surface area contributed by atoms with Crippen LogP contribution in [0.2, 0.25) is 5.02 Å². The first-order valence-electron chi connectivity index (χ1n) is 9.99. The first-order valence-corrected chi connectivity index (χ1v) is 10.4. The fourth-order valence-electron chi connectivity index (χ4n) is 3.18. The van der Waals surface area contributed by atoms with Crippen LogP contribution in [-0.2, 0) is 6.54 Å². The summed E-state index contributed by atoms with van der Waals surface area (Å²) < 4.78 is 6.09. The Labute approximate surface area is 184 Å². The van der Waals surface area contributed by atoms with Gasteiger partial charge in [0.2, 0.25) is 11.6 Å². The molecule has 31 heavy (non-hydrogen) atoms. The number of nitrogen functional groups attached to an aromatic ring is 1. The number of rotatable bonds is 10. The lowest BCUT2D eigenvalue weighted by atomic mass is 10.2. The molecule has 3 rings (SSSR count). The second kappa shape index (κ2) is 10.6. The molecule has 1 aromatic carbocycles. The Balaban J connectivity index is 1.88. The molecule has 0 saturated carbocycles. The third-order valence-corrected chi connectivity index (χ3v) is 4.92. The molecule has 0 fully saturated rings. The van der Waals surface area contributed by atoms with E-state index in [4.69, 9.17) is 22.0 Å². The van der Waals surface area contributed by atoms with Gasteiger partial charge in [-0.1, -0.05) is 48.9 Å². The van der Waals surface area contributed by atoms with Crippen LogP contribution in [0.3, 0.4) is 0 Å². The summed E-state index contributed by atoms with van der Waals surface area (Å²) in [4.78, 5) is 14.1. The van der Waals surface area contributed by atoms with Gasteiger partial charge in [0.25, 0.3) is 5.91 Å². The molecule has 0 unspecified atom stereocenters. The first-order chi connectivity index (χ1) is 15.0. The van der Waals surface area contributed by atoms with Crippen molar-refractivity contribution in [2.75, 3.05) is 18.8 Å². The van der Waals surface area contributed by atoms with Gasteiger partial charge in [-0.3, -0.25) is 4.79 Å². The van der Waals surface area contributed by atoms with Crippen LogP contribution in [0.15, 0.2) is 34.0 Å². The van der Waals surface area contributed by atoms with Crippen LogP contribution in [0.5, 0.6) is 0 Å². The summed E-state index contributed by atoms with van der Waals surface area (Å²) >= 11 is 6.11. The largest absolute Gasteiger partial charge is 0.378 e. The van der Waals surface area contributed by atoms with Gasteiger partial charge in [-0.15, -0.1) is 5.10 Å². The molecule has 0 saturated heterocycles. The minimum absolute atomic E-state index is 0.0578. The highest BCUT2D eigenvalue weighted by molar-refractivity contribution is 6.33. The highest BCUT2D eigenvalue weighted by Gasteiger charge is 2.26. The lowest BCUT2D eigenvalue weighted by molar-refractivity contribution is -0.914. The number of carbonyl (C=O) groups is 1. The van der Waals surface area contributed by atoms with E-state index in [1.165, 1.54) is 15.8 Å². The average molecular weight is 447 g/mol. The molecule has 11 nitrogen and oxygen atoms in total. The second-order valence-corrected chi connectivity index (χ2v) is 7.32. The van der Waals surface area contributed by atoms with Crippen LogP contribution in [0.25, 0.3) is 5.82 Å². The average Bonchev–Trinajstić information content (AvgIpc) is 3.35. The SMILES string of the molecule is CCC[NH+](CCC)Cc1c(C(=O)NN=Cc2ccccc2Cl)nnn1-c1nonc1N. The zero-order valence-electron chi connectivity index (χ0n) is 17.4. The Kier molecular flexibility index (Phi) is 7.68. The number of aromatic nitrogens is 5. The second-order valence-electron chi connectivity index (χ2n) is 6.92. The number of halogens is 1. The molecule has 0 aliphatic heterocycles. The van der Waals surface area contributed by atoms with Gasteiger partial charge < -0.3 is 10.6 Å². The minimum atomic E-state index is -0.507. The number of hydrogen-bond donors (Lipinski definition) is 3. The van der Waals surface area contributed by atoms with E-state index in [2.05, 4.69) is 45.0 Å². The highest BCUT2D eigenvalue weighted by atomic mass is 35.5. The molecule has 0 spiro atoms. The van der Waals surface area contributed by atoms with E-state index in [0.717, 1.165) is 25.9 Å². The van der Waals surface area contributed by atoms with Crippen molar-refractivity contribution < 1.29 is 14.3 Å². The number of carbonyl (C=O) groups excluding carboxylic acids is 1. The molecule has 0 aliphatic carbocycles. The molecule has 0 aliphatic rings. The number of benzene rings is 1. The Hall–Kier alpha value is -3.31. The lowest BCUT2D eigenvalue weighted by Crippen LogP contribution is -3.10. The van der Waals surface area contributed by atoms with Crippen molar-refractivity contribution in [1.29, 1.82) is 0 Å². The number of anilines is 1. The zero-order chi connectivity index (χ0) is 22.2. The minimum Gasteiger partial charge on any atom is -0.378 e. The number of quaternary nitrogens is 1. The van der Waals surface area contributed by atoms with Gasteiger partial charge in [0, 0.05) is 10.6 Å². The van der Waals surface area contributed by atoms with E-state index in [0.29, 0.717) is 22.8 Å². The fourth-order valence-corrected chi connectivity index (χ4v) is 3.37. The van der Waals surface area contributed by atoms with Crippen LogP contribution >= 0.6 is 11.6 Å².